The van der Waals surface area contributed by atoms with Gasteiger partial charge in [0.15, 0.2) is 0 Å². The molecule has 1 aliphatic rings. The molecule has 1 rings (SSSR count). The van der Waals surface area contributed by atoms with Gasteiger partial charge in [0.1, 0.15) is 11.6 Å². The number of rotatable bonds is 6. The van der Waals surface area contributed by atoms with Crippen LogP contribution in [0.1, 0.15) is 77.0 Å². The van der Waals surface area contributed by atoms with Crippen molar-refractivity contribution in [2.75, 3.05) is 6.54 Å². The summed E-state index contributed by atoms with van der Waals surface area (Å²) in [6, 6.07) is 2.17. The van der Waals surface area contributed by atoms with Crippen LogP contribution in [0.5, 0.6) is 0 Å². The number of carbonyl (C=O) groups is 2. The molecule has 1 aliphatic carbocycles. The minimum Gasteiger partial charge on any atom is -0.481 e. The average molecular weight is 349 g/mol. The van der Waals surface area contributed by atoms with E-state index in [4.69, 9.17) is 10.4 Å². The van der Waals surface area contributed by atoms with E-state index in [-0.39, 0.29) is 24.6 Å². The SMILES string of the molecule is N#C/C(=C/NC1CCCCCCCCCCC1)C(=O)NCCC(=O)O. The van der Waals surface area contributed by atoms with Crippen molar-refractivity contribution in [1.82, 2.24) is 10.6 Å². The number of amides is 1. The number of nitrogens with one attached hydrogen (secondary N) is 2. The highest BCUT2D eigenvalue weighted by Crippen LogP contribution is 2.17. The Bertz CT molecular complexity index is 471. The predicted molar refractivity (Wildman–Crippen MR) is 96.7 cm³/mol. The van der Waals surface area contributed by atoms with E-state index in [1.807, 2.05) is 6.07 Å². The van der Waals surface area contributed by atoms with Crippen LogP contribution >= 0.6 is 0 Å². The predicted octanol–water partition coefficient (Wildman–Crippen LogP) is 3.25. The summed E-state index contributed by atoms with van der Waals surface area (Å²) in [4.78, 5) is 22.4. The van der Waals surface area contributed by atoms with Crippen LogP contribution < -0.4 is 10.6 Å². The summed E-state index contributed by atoms with van der Waals surface area (Å²) in [6.45, 7) is 0.0244. The van der Waals surface area contributed by atoms with E-state index >= 15 is 0 Å². The lowest BCUT2D eigenvalue weighted by molar-refractivity contribution is -0.136. The second kappa shape index (κ2) is 13.3. The number of nitrogens with zero attached hydrogens (tertiary/aromatic N) is 1. The first-order chi connectivity index (χ1) is 12.1. The normalized spacial score (nSPS) is 18.3. The van der Waals surface area contributed by atoms with Crippen LogP contribution in [0.3, 0.4) is 0 Å². The third-order valence-electron chi connectivity index (χ3n) is 4.56. The number of aliphatic carboxylic acids is 1. The molecule has 0 aromatic rings. The third kappa shape index (κ3) is 10.4. The molecule has 1 fully saturated rings. The Kier molecular flexibility index (Phi) is 11.2. The molecule has 0 heterocycles. The molecule has 1 amide bonds. The average Bonchev–Trinajstić information content (AvgIpc) is 2.57. The topological polar surface area (TPSA) is 102 Å². The highest BCUT2D eigenvalue weighted by molar-refractivity contribution is 5.97. The fourth-order valence-electron chi connectivity index (χ4n) is 3.06. The van der Waals surface area contributed by atoms with Crippen LogP contribution in [0.4, 0.5) is 0 Å². The Morgan fingerprint density at radius 3 is 2.00 bits per heavy atom. The number of hydrogen-bond acceptors (Lipinski definition) is 4. The van der Waals surface area contributed by atoms with Crippen LogP contribution in [0.2, 0.25) is 0 Å². The molecule has 1 saturated carbocycles. The first kappa shape index (κ1) is 21.0. The van der Waals surface area contributed by atoms with Crippen LogP contribution in [-0.4, -0.2) is 29.6 Å². The second-order valence-corrected chi connectivity index (χ2v) is 6.69. The van der Waals surface area contributed by atoms with E-state index in [1.165, 1.54) is 51.1 Å². The van der Waals surface area contributed by atoms with E-state index in [9.17, 15) is 9.59 Å². The number of carboxylic acids is 1. The summed E-state index contributed by atoms with van der Waals surface area (Å²) < 4.78 is 0. The molecular formula is C19H31N3O3. The highest BCUT2D eigenvalue weighted by atomic mass is 16.4. The molecule has 0 radical (unpaired) electrons. The summed E-state index contributed by atoms with van der Waals surface area (Å²) in [5.41, 5.74) is -0.00324. The van der Waals surface area contributed by atoms with Crippen LogP contribution in [-0.2, 0) is 9.59 Å². The summed E-state index contributed by atoms with van der Waals surface area (Å²) in [7, 11) is 0. The Morgan fingerprint density at radius 1 is 1.00 bits per heavy atom. The molecule has 0 saturated heterocycles. The van der Waals surface area contributed by atoms with Gasteiger partial charge >= 0.3 is 5.97 Å². The molecule has 6 heteroatoms. The Balaban J connectivity index is 2.49. The molecule has 0 spiro atoms. The number of nitriles is 1. The monoisotopic (exact) mass is 349 g/mol. The maximum atomic E-state index is 11.9. The quantitative estimate of drug-likeness (QED) is 0.504. The molecule has 0 aliphatic heterocycles. The van der Waals surface area contributed by atoms with E-state index in [1.54, 1.807) is 0 Å². The Labute approximate surface area is 150 Å². The number of carbonyl (C=O) groups excluding carboxylic acids is 1. The molecule has 0 aromatic carbocycles. The van der Waals surface area contributed by atoms with Crippen molar-refractivity contribution in [1.29, 1.82) is 5.26 Å². The molecule has 0 bridgehead atoms. The van der Waals surface area contributed by atoms with Crippen molar-refractivity contribution in [3.63, 3.8) is 0 Å². The van der Waals surface area contributed by atoms with E-state index in [2.05, 4.69) is 10.6 Å². The van der Waals surface area contributed by atoms with Gasteiger partial charge in [0.2, 0.25) is 0 Å². The third-order valence-corrected chi connectivity index (χ3v) is 4.56. The molecule has 25 heavy (non-hydrogen) atoms. The van der Waals surface area contributed by atoms with Gasteiger partial charge in [-0.05, 0) is 12.8 Å². The van der Waals surface area contributed by atoms with Gasteiger partial charge in [0, 0.05) is 18.8 Å². The Morgan fingerprint density at radius 2 is 1.52 bits per heavy atom. The molecule has 3 N–H and O–H groups in total. The smallest absolute Gasteiger partial charge is 0.305 e. The molecule has 6 nitrogen and oxygen atoms in total. The lowest BCUT2D eigenvalue weighted by Crippen LogP contribution is -2.30. The van der Waals surface area contributed by atoms with Crippen molar-refractivity contribution in [2.45, 2.75) is 83.1 Å². The van der Waals surface area contributed by atoms with Crippen molar-refractivity contribution in [3.8, 4) is 6.07 Å². The van der Waals surface area contributed by atoms with Gasteiger partial charge in [-0.1, -0.05) is 57.8 Å². The first-order valence-electron chi connectivity index (χ1n) is 9.50. The van der Waals surface area contributed by atoms with Crippen LogP contribution in [0, 0.1) is 11.3 Å². The standard InChI is InChI=1S/C19H31N3O3/c20-14-16(19(25)21-13-12-18(23)24)15-22-17-10-8-6-4-2-1-3-5-7-9-11-17/h15,17,22H,1-13H2,(H,21,25)(H,23,24)/b16-15-. The second-order valence-electron chi connectivity index (χ2n) is 6.69. The maximum absolute atomic E-state index is 11.9. The van der Waals surface area contributed by atoms with Gasteiger partial charge in [-0.3, -0.25) is 9.59 Å². The fourth-order valence-corrected chi connectivity index (χ4v) is 3.06. The van der Waals surface area contributed by atoms with Crippen LogP contribution in [0.15, 0.2) is 11.8 Å². The maximum Gasteiger partial charge on any atom is 0.305 e. The first-order valence-corrected chi connectivity index (χ1v) is 9.50. The lowest BCUT2D eigenvalue weighted by atomic mass is 9.98. The van der Waals surface area contributed by atoms with Crippen molar-refractivity contribution < 1.29 is 14.7 Å². The lowest BCUT2D eigenvalue weighted by Gasteiger charge is -2.18. The summed E-state index contributed by atoms with van der Waals surface area (Å²) in [5, 5.41) is 23.4. The largest absolute Gasteiger partial charge is 0.481 e. The molecule has 140 valence electrons. The van der Waals surface area contributed by atoms with Gasteiger partial charge in [0.25, 0.3) is 5.91 Å². The molecule has 0 unspecified atom stereocenters. The van der Waals surface area contributed by atoms with Crippen LogP contribution in [0.25, 0.3) is 0 Å². The molecule has 0 atom stereocenters. The minimum atomic E-state index is -0.978. The van der Waals surface area contributed by atoms with Gasteiger partial charge < -0.3 is 15.7 Å². The highest BCUT2D eigenvalue weighted by Gasteiger charge is 2.12. The zero-order valence-electron chi connectivity index (χ0n) is 15.1. The van der Waals surface area contributed by atoms with E-state index < -0.39 is 11.9 Å². The van der Waals surface area contributed by atoms with Gasteiger partial charge in [-0.2, -0.15) is 5.26 Å². The van der Waals surface area contributed by atoms with Crippen molar-refractivity contribution in [3.05, 3.63) is 11.8 Å². The van der Waals surface area contributed by atoms with Gasteiger partial charge in [-0.15, -0.1) is 0 Å². The summed E-state index contributed by atoms with van der Waals surface area (Å²) >= 11 is 0. The van der Waals surface area contributed by atoms with E-state index in [0.717, 1.165) is 25.7 Å². The number of carboxylic acid groups (broad SMARTS) is 1. The summed E-state index contributed by atoms with van der Waals surface area (Å²) in [6.07, 6.45) is 14.8. The van der Waals surface area contributed by atoms with Gasteiger partial charge in [-0.25, -0.2) is 0 Å². The van der Waals surface area contributed by atoms with E-state index in [0.29, 0.717) is 0 Å². The molecule has 0 aromatic heterocycles. The van der Waals surface area contributed by atoms with Crippen molar-refractivity contribution in [2.24, 2.45) is 0 Å². The zero-order valence-corrected chi connectivity index (χ0v) is 15.1. The summed E-state index contributed by atoms with van der Waals surface area (Å²) in [5.74, 6) is -1.50. The minimum absolute atomic E-state index is 0.00324. The molecular weight excluding hydrogens is 318 g/mol. The zero-order chi connectivity index (χ0) is 18.3. The number of hydrogen-bond donors (Lipinski definition) is 3. The Hall–Kier alpha value is -2.03. The van der Waals surface area contributed by atoms with Crippen molar-refractivity contribution >= 4 is 11.9 Å². The fraction of sp³-hybridized carbons (Fsp3) is 0.737. The van der Waals surface area contributed by atoms with Gasteiger partial charge in [0.05, 0.1) is 6.42 Å².